The van der Waals surface area contributed by atoms with Gasteiger partial charge in [0.15, 0.2) is 18.1 Å². The second kappa shape index (κ2) is 8.47. The standard InChI is InChI=1S/C16H18N2O5/c1-3-17(16(22)23)18(12(2)20)14(11-19)15(21)10-9-13-7-5-4-6-8-13/h4-11,14H,3H2,1-2H3,(H,22,23). The van der Waals surface area contributed by atoms with Gasteiger partial charge in [0, 0.05) is 13.5 Å². The van der Waals surface area contributed by atoms with Gasteiger partial charge in [0.05, 0.1) is 0 Å². The second-order valence-corrected chi connectivity index (χ2v) is 4.59. The third-order valence-corrected chi connectivity index (χ3v) is 3.03. The second-order valence-electron chi connectivity index (χ2n) is 4.59. The lowest BCUT2D eigenvalue weighted by molar-refractivity contribution is -0.155. The van der Waals surface area contributed by atoms with E-state index in [-0.39, 0.29) is 12.8 Å². The summed E-state index contributed by atoms with van der Waals surface area (Å²) in [5, 5.41) is 10.4. The van der Waals surface area contributed by atoms with Gasteiger partial charge in [-0.2, -0.15) is 0 Å². The number of carbonyl (C=O) groups is 4. The number of carboxylic acid groups (broad SMARTS) is 1. The van der Waals surface area contributed by atoms with Crippen LogP contribution in [0.4, 0.5) is 4.79 Å². The van der Waals surface area contributed by atoms with Gasteiger partial charge >= 0.3 is 6.09 Å². The first-order chi connectivity index (χ1) is 10.9. The van der Waals surface area contributed by atoms with Crippen LogP contribution >= 0.6 is 0 Å². The number of carbonyl (C=O) groups excluding carboxylic acids is 3. The third-order valence-electron chi connectivity index (χ3n) is 3.03. The molecule has 0 saturated heterocycles. The molecule has 7 nitrogen and oxygen atoms in total. The van der Waals surface area contributed by atoms with Gasteiger partial charge in [-0.1, -0.05) is 36.4 Å². The van der Waals surface area contributed by atoms with Crippen molar-refractivity contribution in [3.05, 3.63) is 42.0 Å². The summed E-state index contributed by atoms with van der Waals surface area (Å²) >= 11 is 0. The number of aldehydes is 1. The Kier molecular flexibility index (Phi) is 6.67. The van der Waals surface area contributed by atoms with Crippen LogP contribution < -0.4 is 0 Å². The minimum absolute atomic E-state index is 0.0745. The number of hydrazine groups is 1. The molecule has 23 heavy (non-hydrogen) atoms. The molecule has 1 aromatic rings. The van der Waals surface area contributed by atoms with Gasteiger partial charge in [-0.15, -0.1) is 0 Å². The van der Waals surface area contributed by atoms with Gasteiger partial charge < -0.3 is 9.90 Å². The van der Waals surface area contributed by atoms with Crippen LogP contribution in [0, 0.1) is 0 Å². The predicted molar refractivity (Wildman–Crippen MR) is 83.3 cm³/mol. The number of nitrogens with zero attached hydrogens (tertiary/aromatic N) is 2. The van der Waals surface area contributed by atoms with Crippen LogP contribution in [0.5, 0.6) is 0 Å². The molecule has 0 spiro atoms. The van der Waals surface area contributed by atoms with Crippen molar-refractivity contribution in [2.45, 2.75) is 19.9 Å². The molecular formula is C16H18N2O5. The first kappa shape index (κ1) is 18.1. The Balaban J connectivity index is 3.05. The fourth-order valence-electron chi connectivity index (χ4n) is 1.98. The van der Waals surface area contributed by atoms with Gasteiger partial charge in [-0.3, -0.25) is 9.59 Å². The van der Waals surface area contributed by atoms with Crippen molar-refractivity contribution in [2.75, 3.05) is 6.54 Å². The normalized spacial score (nSPS) is 11.7. The molecule has 0 radical (unpaired) electrons. The summed E-state index contributed by atoms with van der Waals surface area (Å²) in [6.07, 6.45) is 1.48. The van der Waals surface area contributed by atoms with Crippen LogP contribution in [0.1, 0.15) is 19.4 Å². The van der Waals surface area contributed by atoms with E-state index in [4.69, 9.17) is 5.11 Å². The van der Waals surface area contributed by atoms with Crippen molar-refractivity contribution >= 4 is 30.1 Å². The van der Waals surface area contributed by atoms with Crippen molar-refractivity contribution in [1.29, 1.82) is 0 Å². The van der Waals surface area contributed by atoms with Crippen molar-refractivity contribution in [3.63, 3.8) is 0 Å². The summed E-state index contributed by atoms with van der Waals surface area (Å²) in [6, 6.07) is 7.38. The lowest BCUT2D eigenvalue weighted by atomic mass is 10.1. The number of benzene rings is 1. The number of amides is 2. The van der Waals surface area contributed by atoms with Crippen LogP contribution in [-0.2, 0) is 14.4 Å². The predicted octanol–water partition coefficient (Wildman–Crippen LogP) is 1.60. The molecule has 1 atom stereocenters. The molecule has 1 aromatic carbocycles. The monoisotopic (exact) mass is 318 g/mol. The molecule has 0 aromatic heterocycles. The maximum Gasteiger partial charge on any atom is 0.426 e. The Morgan fingerprint density at radius 2 is 1.83 bits per heavy atom. The van der Waals surface area contributed by atoms with Crippen molar-refractivity contribution in [3.8, 4) is 0 Å². The van der Waals surface area contributed by atoms with Gasteiger partial charge in [-0.05, 0) is 18.6 Å². The van der Waals surface area contributed by atoms with Crippen molar-refractivity contribution in [2.24, 2.45) is 0 Å². The average Bonchev–Trinajstić information content (AvgIpc) is 2.53. The zero-order chi connectivity index (χ0) is 17.4. The molecule has 0 saturated carbocycles. The van der Waals surface area contributed by atoms with Gasteiger partial charge in [0.2, 0.25) is 5.91 Å². The smallest absolute Gasteiger partial charge is 0.426 e. The lowest BCUT2D eigenvalue weighted by Crippen LogP contribution is -2.56. The van der Waals surface area contributed by atoms with Crippen molar-refractivity contribution < 1.29 is 24.3 Å². The first-order valence-corrected chi connectivity index (χ1v) is 6.94. The molecule has 1 rings (SSSR count). The molecule has 0 aliphatic rings. The highest BCUT2D eigenvalue weighted by Crippen LogP contribution is 2.09. The third kappa shape index (κ3) is 4.77. The summed E-state index contributed by atoms with van der Waals surface area (Å²) in [6.45, 7) is 2.52. The molecule has 0 aliphatic carbocycles. The highest BCUT2D eigenvalue weighted by atomic mass is 16.4. The number of hydrogen-bond acceptors (Lipinski definition) is 4. The molecule has 122 valence electrons. The van der Waals surface area contributed by atoms with E-state index in [2.05, 4.69) is 0 Å². The van der Waals surface area contributed by atoms with Gasteiger partial charge in [-0.25, -0.2) is 14.8 Å². The fourth-order valence-corrected chi connectivity index (χ4v) is 1.98. The first-order valence-electron chi connectivity index (χ1n) is 6.94. The maximum absolute atomic E-state index is 12.2. The SMILES string of the molecule is CCN(C(=O)O)N(C(C)=O)C(C=O)C(=O)C=Cc1ccccc1. The maximum atomic E-state index is 12.2. The van der Waals surface area contributed by atoms with Gasteiger partial charge in [0.1, 0.15) is 0 Å². The fraction of sp³-hybridized carbons (Fsp3) is 0.250. The Morgan fingerprint density at radius 3 is 2.26 bits per heavy atom. The summed E-state index contributed by atoms with van der Waals surface area (Å²) in [5.41, 5.74) is 0.741. The van der Waals surface area contributed by atoms with Crippen LogP contribution in [0.25, 0.3) is 6.08 Å². The van der Waals surface area contributed by atoms with Gasteiger partial charge in [0.25, 0.3) is 0 Å². The summed E-state index contributed by atoms with van der Waals surface area (Å²) in [5.74, 6) is -1.40. The molecular weight excluding hydrogens is 300 g/mol. The van der Waals surface area contributed by atoms with E-state index < -0.39 is 23.8 Å². The zero-order valence-electron chi connectivity index (χ0n) is 12.9. The van der Waals surface area contributed by atoms with E-state index in [9.17, 15) is 19.2 Å². The van der Waals surface area contributed by atoms with Crippen LogP contribution in [0.15, 0.2) is 36.4 Å². The van der Waals surface area contributed by atoms with Crippen molar-refractivity contribution in [1.82, 2.24) is 10.0 Å². The number of rotatable bonds is 6. The molecule has 0 heterocycles. The molecule has 0 fully saturated rings. The Bertz CT molecular complexity index is 612. The molecule has 1 unspecified atom stereocenters. The molecule has 1 N–H and O–H groups in total. The Labute approximate surface area is 133 Å². The van der Waals surface area contributed by atoms with Crippen LogP contribution in [0.3, 0.4) is 0 Å². The van der Waals surface area contributed by atoms with E-state index in [1.807, 2.05) is 6.07 Å². The summed E-state index contributed by atoms with van der Waals surface area (Å²) < 4.78 is 0. The zero-order valence-corrected chi connectivity index (χ0v) is 12.9. The quantitative estimate of drug-likeness (QED) is 0.372. The minimum Gasteiger partial charge on any atom is -0.464 e. The molecule has 0 bridgehead atoms. The Hall–Kier alpha value is -2.96. The topological polar surface area (TPSA) is 95.0 Å². The van der Waals surface area contributed by atoms with E-state index >= 15 is 0 Å². The highest BCUT2D eigenvalue weighted by Gasteiger charge is 2.33. The van der Waals surface area contributed by atoms with E-state index in [0.717, 1.165) is 18.6 Å². The number of ketones is 1. The van der Waals surface area contributed by atoms with E-state index in [1.54, 1.807) is 24.3 Å². The van der Waals surface area contributed by atoms with Crippen LogP contribution in [-0.4, -0.2) is 51.8 Å². The molecule has 2 amide bonds. The lowest BCUT2D eigenvalue weighted by Gasteiger charge is -2.33. The van der Waals surface area contributed by atoms with Crippen LogP contribution in [0.2, 0.25) is 0 Å². The average molecular weight is 318 g/mol. The van der Waals surface area contributed by atoms with E-state index in [1.165, 1.54) is 13.0 Å². The highest BCUT2D eigenvalue weighted by molar-refractivity contribution is 6.08. The summed E-state index contributed by atoms with van der Waals surface area (Å²) in [4.78, 5) is 46.4. The molecule has 0 aliphatic heterocycles. The number of hydrogen-bond donors (Lipinski definition) is 1. The largest absolute Gasteiger partial charge is 0.464 e. The summed E-state index contributed by atoms with van der Waals surface area (Å²) in [7, 11) is 0. The van der Waals surface area contributed by atoms with E-state index in [0.29, 0.717) is 10.0 Å². The molecule has 7 heteroatoms. The Morgan fingerprint density at radius 1 is 1.22 bits per heavy atom. The minimum atomic E-state index is -1.52.